The molecule has 2 aliphatic rings. The van der Waals surface area contributed by atoms with Crippen LogP contribution in [0.25, 0.3) is 0 Å². The van der Waals surface area contributed by atoms with Crippen molar-refractivity contribution in [3.63, 3.8) is 0 Å². The summed E-state index contributed by atoms with van der Waals surface area (Å²) in [6, 6.07) is 10.5. The van der Waals surface area contributed by atoms with Gasteiger partial charge in [0, 0.05) is 0 Å². The first kappa shape index (κ1) is 26.7. The number of hydrogen-bond acceptors (Lipinski definition) is 0. The second-order valence-electron chi connectivity index (χ2n) is 6.05. The average molecular weight is 455 g/mol. The summed E-state index contributed by atoms with van der Waals surface area (Å²) in [5, 5.41) is 0. The number of allylic oxidation sites excluding steroid dienone is 8. The Hall–Kier alpha value is -0.487. The van der Waals surface area contributed by atoms with Gasteiger partial charge in [-0.1, -0.05) is 27.7 Å². The van der Waals surface area contributed by atoms with Crippen LogP contribution in [0, 0.1) is 12.2 Å². The fraction of sp³-hybridized carbons (Fsp3) is 0.318. The fourth-order valence-electron chi connectivity index (χ4n) is 2.19. The van der Waals surface area contributed by atoms with E-state index in [2.05, 4.69) is 83.2 Å². The van der Waals surface area contributed by atoms with Crippen molar-refractivity contribution in [2.45, 2.75) is 47.5 Å². The zero-order valence-corrected chi connectivity index (χ0v) is 19.9. The minimum absolute atomic E-state index is 0. The van der Waals surface area contributed by atoms with Crippen molar-refractivity contribution in [1.82, 2.24) is 0 Å². The molecule has 25 heavy (non-hydrogen) atoms. The van der Waals surface area contributed by atoms with E-state index in [4.69, 9.17) is 0 Å². The molecule has 0 N–H and O–H groups in total. The molecule has 1 aromatic carbocycles. The van der Waals surface area contributed by atoms with Crippen molar-refractivity contribution in [1.29, 1.82) is 0 Å². The first-order valence-electron chi connectivity index (χ1n) is 7.98. The van der Waals surface area contributed by atoms with Gasteiger partial charge >= 0.3 is 70.3 Å². The molecule has 0 heterocycles. The van der Waals surface area contributed by atoms with Crippen LogP contribution in [0.1, 0.15) is 53.0 Å². The van der Waals surface area contributed by atoms with Gasteiger partial charge in [-0.15, -0.1) is 37.7 Å². The second-order valence-corrected chi connectivity index (χ2v) is 7.89. The third kappa shape index (κ3) is 12.5. The van der Waals surface area contributed by atoms with E-state index in [1.165, 1.54) is 55.3 Å². The Morgan fingerprint density at radius 2 is 1.20 bits per heavy atom. The SMILES string of the molecule is CC1=[C-]CC(C)=C1.CC1=[C-]CC(C)=C1.C[C](=[Zr+2])c1ccccc1.Cl.Cl. The summed E-state index contributed by atoms with van der Waals surface area (Å²) in [5.41, 5.74) is 6.81. The number of halogens is 2. The summed E-state index contributed by atoms with van der Waals surface area (Å²) in [7, 11) is 0. The van der Waals surface area contributed by atoms with Crippen molar-refractivity contribution >= 4 is 28.0 Å². The molecular weight excluding hydrogens is 426 g/mol. The zero-order valence-electron chi connectivity index (χ0n) is 15.8. The third-order valence-electron chi connectivity index (χ3n) is 3.42. The van der Waals surface area contributed by atoms with E-state index < -0.39 is 0 Å². The summed E-state index contributed by atoms with van der Waals surface area (Å²) < 4.78 is 1.46. The molecule has 134 valence electrons. The van der Waals surface area contributed by atoms with Gasteiger partial charge in [-0.25, -0.2) is 23.3 Å². The standard InChI is InChI=1S/C8H8.2C7H9.2ClH.Zr/c1-2-8-6-4-3-5-7-8;2*1-6-3-4-7(2)5-6;;;/h3-7H,1H3;2*5H,3H2,1-2H3;2*1H;/q;2*-1;;;+2. The topological polar surface area (TPSA) is 0 Å². The Labute approximate surface area is 181 Å². The maximum atomic E-state index is 3.19. The Morgan fingerprint density at radius 1 is 0.800 bits per heavy atom. The van der Waals surface area contributed by atoms with E-state index in [0.29, 0.717) is 0 Å². The predicted octanol–water partition coefficient (Wildman–Crippen LogP) is 6.79. The fourth-order valence-corrected chi connectivity index (χ4v) is 2.60. The maximum absolute atomic E-state index is 3.19. The number of rotatable bonds is 1. The monoisotopic (exact) mass is 452 g/mol. The van der Waals surface area contributed by atoms with Gasteiger partial charge < -0.3 is 0 Å². The molecule has 0 fully saturated rings. The summed E-state index contributed by atoms with van der Waals surface area (Å²) >= 11 is 1.51. The van der Waals surface area contributed by atoms with Crippen LogP contribution in [0.3, 0.4) is 0 Å². The van der Waals surface area contributed by atoms with Crippen LogP contribution in [-0.2, 0) is 24.2 Å². The number of hydrogen-bond donors (Lipinski definition) is 0. The van der Waals surface area contributed by atoms with Gasteiger partial charge in [0.05, 0.1) is 0 Å². The molecule has 0 saturated carbocycles. The summed E-state index contributed by atoms with van der Waals surface area (Å²) in [4.78, 5) is 0. The van der Waals surface area contributed by atoms with Crippen LogP contribution in [0.4, 0.5) is 0 Å². The van der Waals surface area contributed by atoms with Crippen LogP contribution in [0.5, 0.6) is 0 Å². The molecule has 0 atom stereocenters. The first-order valence-corrected chi connectivity index (χ1v) is 9.21. The molecule has 3 heteroatoms. The van der Waals surface area contributed by atoms with Gasteiger partial charge in [0.15, 0.2) is 0 Å². The predicted molar refractivity (Wildman–Crippen MR) is 112 cm³/mol. The Morgan fingerprint density at radius 3 is 1.36 bits per heavy atom. The normalized spacial score (nSPS) is 14.0. The van der Waals surface area contributed by atoms with Gasteiger partial charge in [0.25, 0.3) is 0 Å². The molecule has 0 unspecified atom stereocenters. The second kappa shape index (κ2) is 14.7. The molecule has 3 rings (SSSR count). The molecule has 0 spiro atoms. The van der Waals surface area contributed by atoms with Crippen molar-refractivity contribution < 1.29 is 24.2 Å². The molecule has 1 aromatic rings. The van der Waals surface area contributed by atoms with Crippen molar-refractivity contribution in [2.24, 2.45) is 0 Å². The maximum Gasteiger partial charge on any atom is -0.147 e. The number of benzene rings is 1. The average Bonchev–Trinajstić information content (AvgIpc) is 3.08. The van der Waals surface area contributed by atoms with Gasteiger partial charge in [0.2, 0.25) is 0 Å². The first-order chi connectivity index (χ1) is 10.9. The van der Waals surface area contributed by atoms with Crippen molar-refractivity contribution in [3.8, 4) is 0 Å². The molecule has 0 nitrogen and oxygen atoms in total. The smallest absolute Gasteiger partial charge is 0.147 e. The molecule has 2 aliphatic carbocycles. The Bertz CT molecular complexity index is 616. The minimum Gasteiger partial charge on any atom is -0.147 e. The minimum atomic E-state index is 0. The molecule has 0 aromatic heterocycles. The third-order valence-corrected chi connectivity index (χ3v) is 4.13. The van der Waals surface area contributed by atoms with E-state index in [1.807, 2.05) is 6.07 Å². The zero-order chi connectivity index (χ0) is 17.2. The summed E-state index contributed by atoms with van der Waals surface area (Å²) in [6.45, 7) is 10.6. The largest absolute Gasteiger partial charge is 0.147 e. The summed E-state index contributed by atoms with van der Waals surface area (Å²) in [5.74, 6) is 0. The van der Waals surface area contributed by atoms with Gasteiger partial charge in [-0.2, -0.15) is 11.1 Å². The van der Waals surface area contributed by atoms with E-state index in [-0.39, 0.29) is 24.8 Å². The van der Waals surface area contributed by atoms with E-state index >= 15 is 0 Å². The van der Waals surface area contributed by atoms with Gasteiger partial charge in [0.1, 0.15) is 0 Å². The van der Waals surface area contributed by atoms with Crippen LogP contribution < -0.4 is 0 Å². The van der Waals surface area contributed by atoms with Crippen LogP contribution in [-0.4, -0.2) is 3.21 Å². The van der Waals surface area contributed by atoms with Crippen molar-refractivity contribution in [3.05, 3.63) is 82.5 Å². The molecular formula is C22H28Cl2Zr. The Kier molecular flexibility index (Phi) is 15.7. The van der Waals surface area contributed by atoms with Crippen LogP contribution in [0.15, 0.2) is 64.8 Å². The molecule has 0 radical (unpaired) electrons. The van der Waals surface area contributed by atoms with Gasteiger partial charge in [-0.05, 0) is 0 Å². The Balaban J connectivity index is 0. The van der Waals surface area contributed by atoms with E-state index in [1.54, 1.807) is 0 Å². The van der Waals surface area contributed by atoms with Crippen molar-refractivity contribution in [2.75, 3.05) is 0 Å². The van der Waals surface area contributed by atoms with Crippen LogP contribution in [0.2, 0.25) is 0 Å². The molecule has 0 saturated heterocycles. The molecule has 0 aliphatic heterocycles. The van der Waals surface area contributed by atoms with Gasteiger partial charge in [-0.3, -0.25) is 12.2 Å². The molecule has 0 amide bonds. The molecule has 0 bridgehead atoms. The van der Waals surface area contributed by atoms with E-state index in [9.17, 15) is 0 Å². The van der Waals surface area contributed by atoms with Crippen LogP contribution >= 0.6 is 24.8 Å². The van der Waals surface area contributed by atoms with E-state index in [0.717, 1.165) is 12.8 Å². The quantitative estimate of drug-likeness (QED) is 0.410. The summed E-state index contributed by atoms with van der Waals surface area (Å²) in [6.07, 6.45) is 12.8.